The summed E-state index contributed by atoms with van der Waals surface area (Å²) in [6, 6.07) is 0. The molecule has 38 heteroatoms. The number of phosphoric acid groups is 5. The average molecular weight is 1040 g/mol. The summed E-state index contributed by atoms with van der Waals surface area (Å²) in [6.07, 6.45) is 0. The number of hydrogen-bond acceptors (Lipinski definition) is 25. The van der Waals surface area contributed by atoms with Crippen LogP contribution in [0.25, 0.3) is 0 Å². The van der Waals surface area contributed by atoms with Gasteiger partial charge < -0.3 is 124 Å². The van der Waals surface area contributed by atoms with Crippen molar-refractivity contribution in [3.05, 3.63) is 0 Å². The van der Waals surface area contributed by atoms with Gasteiger partial charge in [-0.3, -0.25) is 0 Å². The maximum atomic E-state index is 8.55. The summed E-state index contributed by atoms with van der Waals surface area (Å²) in [5.41, 5.74) is 0. The fourth-order valence-electron chi connectivity index (χ4n) is 0. The minimum atomic E-state index is -5.39. The van der Waals surface area contributed by atoms with Gasteiger partial charge in [-0.2, -0.15) is 39.1 Å². The maximum absolute atomic E-state index is 8.55. The van der Waals surface area contributed by atoms with Crippen molar-refractivity contribution in [1.29, 1.82) is 0 Å². The quantitative estimate of drug-likeness (QED) is 0.161. The van der Waals surface area contributed by atoms with Crippen molar-refractivity contribution in [2.45, 2.75) is 0 Å². The number of hydrogen-bond donors (Lipinski definition) is 0. The summed E-state index contributed by atoms with van der Waals surface area (Å²) in [7, 11) is -26.9. The minimum absolute atomic E-state index is 0. The fourth-order valence-corrected chi connectivity index (χ4v) is 0. The van der Waals surface area contributed by atoms with E-state index in [1.165, 1.54) is 0 Å². The zero-order chi connectivity index (χ0) is 22.5. The van der Waals surface area contributed by atoms with E-state index in [2.05, 4.69) is 0 Å². The summed E-state index contributed by atoms with van der Waals surface area (Å²) in [5.74, 6) is 0. The summed E-state index contributed by atoms with van der Waals surface area (Å²) in [5, 5.41) is 0. The largest absolute Gasteiger partial charge is 3.00 e. The first-order valence-corrected chi connectivity index (χ1v) is 11.0. The Balaban J connectivity index is -0.00000000758. The summed E-state index contributed by atoms with van der Waals surface area (Å²) in [4.78, 5) is 128. The van der Waals surface area contributed by atoms with Crippen LogP contribution in [0, 0.1) is 0 Å². The van der Waals surface area contributed by atoms with Gasteiger partial charge >= 0.3 is 137 Å². The Hall–Kier alpha value is 4.51. The van der Waals surface area contributed by atoms with E-state index in [0.717, 1.165) is 0 Å². The van der Waals surface area contributed by atoms with Gasteiger partial charge in [-0.15, -0.1) is 0 Å². The van der Waals surface area contributed by atoms with Gasteiger partial charge in [-0.05, 0) is 0 Å². The van der Waals surface area contributed by atoms with Crippen LogP contribution >= 0.6 is 39.1 Å². The van der Waals surface area contributed by atoms with Crippen LogP contribution in [-0.4, -0.2) is 27.4 Å². The van der Waals surface area contributed by atoms with Gasteiger partial charge in [-0.1, -0.05) is 0 Å². The van der Waals surface area contributed by atoms with Gasteiger partial charge in [0.25, 0.3) is 0 Å². The average Bonchev–Trinajstić information content (AvgIpc) is 1.79. The van der Waals surface area contributed by atoms with E-state index in [0.29, 0.717) is 0 Å². The Morgan fingerprint density at radius 3 is 0.237 bits per heavy atom. The molecule has 0 aromatic carbocycles. The molecule has 0 aliphatic rings. The Kier molecular flexibility index (Phi) is 184. The topological polar surface area (TPSA) is 581 Å². The summed E-state index contributed by atoms with van der Waals surface area (Å²) in [6.45, 7) is 0. The Labute approximate surface area is 296 Å². The SMILES string of the molecule is O=P([O-])([O-])[O-].O=P([O-])([O-])[O-].O=P([O-])([O-])[O-].O=P([O-])([O-])[O-].O=P([O-])([O-])[O-].[Cu+2].[Cu+2].[Cu+2].[Cu+2].[Fe+3].[Fe+3].[Fe+3].[Fe+3].[OH-].[OH-].[OH-].[OH-].[OH-]. The van der Waals surface area contributed by atoms with E-state index >= 15 is 0 Å². The van der Waals surface area contributed by atoms with Crippen LogP contribution in [0.3, 0.4) is 0 Å². The molecule has 0 rings (SSSR count). The molecular formula is H5Cu4Fe4O25P5. The van der Waals surface area contributed by atoms with Gasteiger partial charge in [0.05, 0.1) is 0 Å². The third kappa shape index (κ3) is 3110. The molecule has 0 aliphatic carbocycles. The van der Waals surface area contributed by atoms with Gasteiger partial charge in [0.15, 0.2) is 0 Å². The van der Waals surface area contributed by atoms with Crippen LogP contribution < -0.4 is 73.4 Å². The predicted molar refractivity (Wildman–Crippen MR) is 47.7 cm³/mol. The molecule has 0 aliphatic heterocycles. The molecule has 8 radical (unpaired) electrons. The maximum Gasteiger partial charge on any atom is 3.00 e. The Bertz CT molecular complexity index is 403. The molecule has 0 amide bonds. The van der Waals surface area contributed by atoms with E-state index in [1.54, 1.807) is 0 Å². The molecule has 0 aromatic heterocycles. The molecule has 0 bridgehead atoms. The van der Waals surface area contributed by atoms with Crippen molar-refractivity contribution in [1.82, 2.24) is 0 Å². The zero-order valence-corrected chi connectivity index (χ0v) is 27.9. The third-order valence-electron chi connectivity index (χ3n) is 0. The Morgan fingerprint density at radius 2 is 0.237 bits per heavy atom. The monoisotopic (exact) mass is 1040 g/mol. The molecule has 0 spiro atoms. The second-order valence-corrected chi connectivity index (χ2v) is 6.71. The van der Waals surface area contributed by atoms with Crippen molar-refractivity contribution in [2.24, 2.45) is 0 Å². The van der Waals surface area contributed by atoms with Crippen molar-refractivity contribution in [3.63, 3.8) is 0 Å². The van der Waals surface area contributed by atoms with E-state index < -0.39 is 39.1 Å². The predicted octanol–water partition coefficient (Wildman–Crippen LogP) is -15.0. The second kappa shape index (κ2) is 57.2. The van der Waals surface area contributed by atoms with Gasteiger partial charge in [0.2, 0.25) is 0 Å². The minimum Gasteiger partial charge on any atom is -0.870 e. The van der Waals surface area contributed by atoms with E-state index in [1.807, 2.05) is 0 Å². The molecule has 0 fully saturated rings. The molecule has 0 atom stereocenters. The third-order valence-corrected chi connectivity index (χ3v) is 0. The molecule has 0 saturated carbocycles. The van der Waals surface area contributed by atoms with E-state index in [4.69, 9.17) is 96.2 Å². The van der Waals surface area contributed by atoms with E-state index in [-0.39, 0.29) is 164 Å². The first-order chi connectivity index (χ1) is 10.0. The van der Waals surface area contributed by atoms with Crippen LogP contribution in [-0.2, 0) is 159 Å². The van der Waals surface area contributed by atoms with Crippen molar-refractivity contribution in [2.75, 3.05) is 0 Å². The fraction of sp³-hybridized carbons (Fsp3) is 0. The molecule has 0 aromatic rings. The van der Waals surface area contributed by atoms with Gasteiger partial charge in [0, 0.05) is 0 Å². The van der Waals surface area contributed by atoms with Crippen LogP contribution in [0.2, 0.25) is 0 Å². The van der Waals surface area contributed by atoms with Gasteiger partial charge in [0.1, 0.15) is 0 Å². The molecule has 5 N–H and O–H groups in total. The molecule has 256 valence electrons. The van der Waals surface area contributed by atoms with Crippen LogP contribution in [0.15, 0.2) is 0 Å². The smallest absolute Gasteiger partial charge is 0.870 e. The van der Waals surface area contributed by atoms with Gasteiger partial charge in [-0.25, -0.2) is 0 Å². The molecule has 25 nitrogen and oxygen atoms in total. The number of rotatable bonds is 0. The first-order valence-electron chi connectivity index (χ1n) is 3.65. The molecular weight excluding hydrogens is 1030 g/mol. The Morgan fingerprint density at radius 1 is 0.237 bits per heavy atom. The summed E-state index contributed by atoms with van der Waals surface area (Å²) < 4.78 is 42.7. The standard InChI is InChI=1S/4Cu.4Fe.5H3O4P.5H2O/c;;;;;;;;5*1-5(2,3)4;;;;;/h;;;;;;;;5*(H3,1,2,3,4);5*1H2/q4*+2;4*+3;;;;;;;;;;/p-20. The van der Waals surface area contributed by atoms with Crippen LogP contribution in [0.5, 0.6) is 0 Å². The normalized spacial score (nSPS) is 7.76. The molecule has 0 unspecified atom stereocenters. The van der Waals surface area contributed by atoms with Crippen molar-refractivity contribution in [3.8, 4) is 0 Å². The summed E-state index contributed by atoms with van der Waals surface area (Å²) >= 11 is 0. The zero-order valence-electron chi connectivity index (χ0n) is 15.3. The van der Waals surface area contributed by atoms with Crippen molar-refractivity contribution < 1.29 is 260 Å². The molecule has 0 saturated heterocycles. The molecule has 0 heterocycles. The van der Waals surface area contributed by atoms with Crippen molar-refractivity contribution >= 4 is 39.1 Å². The van der Waals surface area contributed by atoms with E-state index in [9.17, 15) is 0 Å². The van der Waals surface area contributed by atoms with Crippen LogP contribution in [0.1, 0.15) is 0 Å². The first kappa shape index (κ1) is 122. The second-order valence-electron chi connectivity index (χ2n) is 2.24. The molecule has 38 heavy (non-hydrogen) atoms. The van der Waals surface area contributed by atoms with Crippen LogP contribution in [0.4, 0.5) is 0 Å².